The number of benzene rings is 2. The fourth-order valence-electron chi connectivity index (χ4n) is 3.34. The zero-order valence-corrected chi connectivity index (χ0v) is 13.8. The summed E-state index contributed by atoms with van der Waals surface area (Å²) < 4.78 is 0. The summed E-state index contributed by atoms with van der Waals surface area (Å²) in [5, 5.41) is 8.62. The van der Waals surface area contributed by atoms with Crippen LogP contribution in [0.3, 0.4) is 0 Å². The summed E-state index contributed by atoms with van der Waals surface area (Å²) >= 11 is 0. The minimum Gasteiger partial charge on any atom is -0.340 e. The van der Waals surface area contributed by atoms with Gasteiger partial charge in [-0.25, -0.2) is 4.98 Å². The number of aromatic nitrogens is 1. The van der Waals surface area contributed by atoms with E-state index in [-0.39, 0.29) is 11.3 Å². The van der Waals surface area contributed by atoms with E-state index in [0.29, 0.717) is 6.42 Å². The molecule has 0 fully saturated rings. The molecule has 0 saturated carbocycles. The molecule has 4 rings (SSSR count). The second kappa shape index (κ2) is 5.34. The van der Waals surface area contributed by atoms with Gasteiger partial charge in [0.05, 0.1) is 0 Å². The topological polar surface area (TPSA) is 54.0 Å². The van der Waals surface area contributed by atoms with E-state index in [2.05, 4.69) is 47.7 Å². The Morgan fingerprint density at radius 1 is 1.12 bits per heavy atom. The van der Waals surface area contributed by atoms with Crippen molar-refractivity contribution < 1.29 is 4.79 Å². The molecule has 1 aliphatic rings. The molecule has 1 amide bonds. The third-order valence-electron chi connectivity index (χ3n) is 4.56. The van der Waals surface area contributed by atoms with E-state index >= 15 is 0 Å². The lowest BCUT2D eigenvalue weighted by molar-refractivity contribution is -0.117. The van der Waals surface area contributed by atoms with Gasteiger partial charge in [0.2, 0.25) is 5.91 Å². The Kier molecular flexibility index (Phi) is 3.27. The SMILES string of the molecule is CC1(C)CC(=O)Nc2ccc(Nc3nccc4ccccc34)cc21. The summed E-state index contributed by atoms with van der Waals surface area (Å²) in [7, 11) is 0. The van der Waals surface area contributed by atoms with E-state index in [9.17, 15) is 4.79 Å². The van der Waals surface area contributed by atoms with Gasteiger partial charge < -0.3 is 10.6 Å². The Bertz CT molecular complexity index is 941. The van der Waals surface area contributed by atoms with Gasteiger partial charge in [0.15, 0.2) is 0 Å². The van der Waals surface area contributed by atoms with Crippen molar-refractivity contribution in [2.24, 2.45) is 0 Å². The van der Waals surface area contributed by atoms with Crippen LogP contribution in [0.5, 0.6) is 0 Å². The van der Waals surface area contributed by atoms with Crippen LogP contribution >= 0.6 is 0 Å². The highest BCUT2D eigenvalue weighted by atomic mass is 16.1. The van der Waals surface area contributed by atoms with Gasteiger partial charge in [-0.1, -0.05) is 38.1 Å². The summed E-state index contributed by atoms with van der Waals surface area (Å²) in [6.45, 7) is 4.20. The minimum absolute atomic E-state index is 0.0731. The van der Waals surface area contributed by atoms with Crippen molar-refractivity contribution in [3.63, 3.8) is 0 Å². The Labute approximate surface area is 140 Å². The van der Waals surface area contributed by atoms with Gasteiger partial charge in [-0.2, -0.15) is 0 Å². The molecule has 0 spiro atoms. The summed E-state index contributed by atoms with van der Waals surface area (Å²) in [5.41, 5.74) is 2.84. The second-order valence-electron chi connectivity index (χ2n) is 6.87. The van der Waals surface area contributed by atoms with Crippen LogP contribution in [0.1, 0.15) is 25.8 Å². The van der Waals surface area contributed by atoms with Gasteiger partial charge in [-0.05, 0) is 35.2 Å². The van der Waals surface area contributed by atoms with E-state index in [1.807, 2.05) is 36.5 Å². The molecule has 0 aliphatic carbocycles. The van der Waals surface area contributed by atoms with Gasteiger partial charge in [-0.15, -0.1) is 0 Å². The van der Waals surface area contributed by atoms with Crippen LogP contribution in [0.4, 0.5) is 17.2 Å². The quantitative estimate of drug-likeness (QED) is 0.726. The molecule has 4 heteroatoms. The fourth-order valence-corrected chi connectivity index (χ4v) is 3.34. The van der Waals surface area contributed by atoms with Gasteiger partial charge >= 0.3 is 0 Å². The highest BCUT2D eigenvalue weighted by molar-refractivity contribution is 5.96. The molecule has 0 saturated heterocycles. The third-order valence-corrected chi connectivity index (χ3v) is 4.56. The van der Waals surface area contributed by atoms with Gasteiger partial charge in [0, 0.05) is 34.8 Å². The van der Waals surface area contributed by atoms with Crippen LogP contribution in [0, 0.1) is 0 Å². The van der Waals surface area contributed by atoms with Crippen LogP contribution in [0.15, 0.2) is 54.7 Å². The van der Waals surface area contributed by atoms with E-state index in [0.717, 1.165) is 33.5 Å². The van der Waals surface area contributed by atoms with E-state index < -0.39 is 0 Å². The number of rotatable bonds is 2. The number of pyridine rings is 1. The Hall–Kier alpha value is -2.88. The molecule has 0 atom stereocenters. The Balaban J connectivity index is 1.75. The number of hydrogen-bond donors (Lipinski definition) is 2. The normalized spacial score (nSPS) is 15.7. The maximum Gasteiger partial charge on any atom is 0.225 e. The summed E-state index contributed by atoms with van der Waals surface area (Å²) in [5.74, 6) is 0.912. The van der Waals surface area contributed by atoms with Crippen molar-refractivity contribution in [2.45, 2.75) is 25.7 Å². The first kappa shape index (κ1) is 14.7. The molecule has 3 aromatic rings. The number of nitrogens with zero attached hydrogens (tertiary/aromatic N) is 1. The zero-order chi connectivity index (χ0) is 16.7. The van der Waals surface area contributed by atoms with Gasteiger partial charge in [0.25, 0.3) is 0 Å². The van der Waals surface area contributed by atoms with Gasteiger partial charge in [-0.3, -0.25) is 4.79 Å². The number of amides is 1. The van der Waals surface area contributed by atoms with Gasteiger partial charge in [0.1, 0.15) is 5.82 Å². The fraction of sp³-hybridized carbons (Fsp3) is 0.200. The maximum atomic E-state index is 11.8. The first-order chi connectivity index (χ1) is 11.5. The van der Waals surface area contributed by atoms with Crippen LogP contribution in [-0.2, 0) is 10.2 Å². The molecule has 4 nitrogen and oxygen atoms in total. The molecule has 0 bridgehead atoms. The molecule has 2 N–H and O–H groups in total. The van der Waals surface area contributed by atoms with Crippen LogP contribution in [0.2, 0.25) is 0 Å². The molecule has 0 unspecified atom stereocenters. The number of nitrogens with one attached hydrogen (secondary N) is 2. The third kappa shape index (κ3) is 2.50. The Morgan fingerprint density at radius 3 is 2.83 bits per heavy atom. The maximum absolute atomic E-state index is 11.8. The lowest BCUT2D eigenvalue weighted by Gasteiger charge is -2.32. The number of anilines is 3. The Morgan fingerprint density at radius 2 is 1.96 bits per heavy atom. The molecule has 2 heterocycles. The van der Waals surface area contributed by atoms with E-state index in [1.54, 1.807) is 0 Å². The summed E-state index contributed by atoms with van der Waals surface area (Å²) in [4.78, 5) is 16.3. The lowest BCUT2D eigenvalue weighted by atomic mass is 9.78. The minimum atomic E-state index is -0.179. The first-order valence-electron chi connectivity index (χ1n) is 8.08. The zero-order valence-electron chi connectivity index (χ0n) is 13.8. The molecule has 24 heavy (non-hydrogen) atoms. The highest BCUT2D eigenvalue weighted by Gasteiger charge is 2.31. The molecular weight excluding hydrogens is 298 g/mol. The molecule has 1 aliphatic heterocycles. The van der Waals surface area contributed by atoms with Crippen molar-refractivity contribution in [3.05, 3.63) is 60.3 Å². The number of fused-ring (bicyclic) bond motifs is 2. The molecule has 0 radical (unpaired) electrons. The predicted octanol–water partition coefficient (Wildman–Crippen LogP) is 4.60. The molecule has 1 aromatic heterocycles. The summed E-state index contributed by atoms with van der Waals surface area (Å²) in [6.07, 6.45) is 2.31. The van der Waals surface area contributed by atoms with Crippen molar-refractivity contribution >= 4 is 33.9 Å². The van der Waals surface area contributed by atoms with Crippen LogP contribution < -0.4 is 10.6 Å². The standard InChI is InChI=1S/C20H19N3O/c1-20(2)12-18(24)23-17-8-7-14(11-16(17)20)22-19-15-6-4-3-5-13(15)9-10-21-19/h3-11H,12H2,1-2H3,(H,21,22)(H,23,24). The van der Waals surface area contributed by atoms with Crippen LogP contribution in [0.25, 0.3) is 10.8 Å². The monoisotopic (exact) mass is 317 g/mol. The summed E-state index contributed by atoms with van der Waals surface area (Å²) in [6, 6.07) is 16.2. The van der Waals surface area contributed by atoms with Crippen molar-refractivity contribution in [1.82, 2.24) is 4.98 Å². The second-order valence-corrected chi connectivity index (χ2v) is 6.87. The number of carbonyl (C=O) groups excluding carboxylic acids is 1. The van der Waals surface area contributed by atoms with Crippen LogP contribution in [-0.4, -0.2) is 10.9 Å². The lowest BCUT2D eigenvalue weighted by Crippen LogP contribution is -2.32. The van der Waals surface area contributed by atoms with E-state index in [1.165, 1.54) is 0 Å². The molecular formula is C20H19N3O. The van der Waals surface area contributed by atoms with Crippen molar-refractivity contribution in [2.75, 3.05) is 10.6 Å². The smallest absolute Gasteiger partial charge is 0.225 e. The largest absolute Gasteiger partial charge is 0.340 e. The van der Waals surface area contributed by atoms with Crippen molar-refractivity contribution in [1.29, 1.82) is 0 Å². The number of hydrogen-bond acceptors (Lipinski definition) is 3. The number of carbonyl (C=O) groups is 1. The van der Waals surface area contributed by atoms with E-state index in [4.69, 9.17) is 0 Å². The molecule has 2 aromatic carbocycles. The first-order valence-corrected chi connectivity index (χ1v) is 8.08. The van der Waals surface area contributed by atoms with Crippen molar-refractivity contribution in [3.8, 4) is 0 Å². The predicted molar refractivity (Wildman–Crippen MR) is 97.7 cm³/mol. The average Bonchev–Trinajstić information content (AvgIpc) is 2.55. The molecule has 120 valence electrons. The average molecular weight is 317 g/mol. The highest BCUT2D eigenvalue weighted by Crippen LogP contribution is 2.39.